The maximum atomic E-state index is 12.7. The second kappa shape index (κ2) is 8.51. The van der Waals surface area contributed by atoms with Crippen molar-refractivity contribution in [2.24, 2.45) is 0 Å². The minimum atomic E-state index is -4.35. The van der Waals surface area contributed by atoms with E-state index in [0.717, 1.165) is 31.4 Å². The number of hydrogen-bond donors (Lipinski definition) is 1. The van der Waals surface area contributed by atoms with Crippen molar-refractivity contribution in [3.63, 3.8) is 0 Å². The Kier molecular flexibility index (Phi) is 6.87. The van der Waals surface area contributed by atoms with Gasteiger partial charge in [0.2, 0.25) is 10.0 Å². The molecule has 1 aromatic rings. The van der Waals surface area contributed by atoms with Gasteiger partial charge in [0.15, 0.2) is 0 Å². The highest BCUT2D eigenvalue weighted by atomic mass is 32.2. The van der Waals surface area contributed by atoms with Gasteiger partial charge in [0, 0.05) is 19.1 Å². The van der Waals surface area contributed by atoms with Gasteiger partial charge < -0.3 is 5.32 Å². The lowest BCUT2D eigenvalue weighted by molar-refractivity contribution is -0.137. The quantitative estimate of drug-likeness (QED) is 0.740. The summed E-state index contributed by atoms with van der Waals surface area (Å²) in [5, 5.41) is 3.02. The normalized spacial score (nSPS) is 19.9. The zero-order valence-electron chi connectivity index (χ0n) is 14.3. The second-order valence-corrected chi connectivity index (χ2v) is 8.54. The molecule has 1 N–H and O–H groups in total. The first-order chi connectivity index (χ1) is 11.7. The summed E-state index contributed by atoms with van der Waals surface area (Å²) in [6.45, 7) is 3.24. The molecule has 1 aromatic carbocycles. The number of nitrogens with zero attached hydrogens (tertiary/aromatic N) is 1. The van der Waals surface area contributed by atoms with Crippen LogP contribution in [-0.4, -0.2) is 37.6 Å². The SMILES string of the molecule is C[C@H]1CCCCN1S(=O)(=O)CCCNCc1cccc(C(F)(F)F)c1. The van der Waals surface area contributed by atoms with Crippen LogP contribution in [0.2, 0.25) is 0 Å². The molecule has 1 saturated heterocycles. The molecule has 1 fully saturated rings. The standard InChI is InChI=1S/C17H25F3N2O2S/c1-14-6-2-3-10-22(14)25(23,24)11-5-9-21-13-15-7-4-8-16(12-15)17(18,19)20/h4,7-8,12,14,21H,2-3,5-6,9-11,13H2,1H3/t14-/m0/s1. The van der Waals surface area contributed by atoms with Crippen LogP contribution in [-0.2, 0) is 22.7 Å². The molecule has 0 radical (unpaired) electrons. The molecule has 1 atom stereocenters. The van der Waals surface area contributed by atoms with E-state index in [9.17, 15) is 21.6 Å². The first kappa shape index (κ1) is 20.2. The van der Waals surface area contributed by atoms with E-state index in [0.29, 0.717) is 25.1 Å². The third-order valence-electron chi connectivity index (χ3n) is 4.44. The van der Waals surface area contributed by atoms with Gasteiger partial charge in [-0.1, -0.05) is 24.6 Å². The van der Waals surface area contributed by atoms with Crippen LogP contribution in [0.1, 0.15) is 43.7 Å². The summed E-state index contributed by atoms with van der Waals surface area (Å²) in [7, 11) is -3.26. The molecule has 8 heteroatoms. The molecule has 1 aliphatic heterocycles. The van der Waals surface area contributed by atoms with Crippen LogP contribution in [0.3, 0.4) is 0 Å². The van der Waals surface area contributed by atoms with E-state index in [2.05, 4.69) is 5.32 Å². The molecule has 0 unspecified atom stereocenters. The van der Waals surface area contributed by atoms with Crippen LogP contribution >= 0.6 is 0 Å². The van der Waals surface area contributed by atoms with Crippen molar-refractivity contribution in [1.29, 1.82) is 0 Å². The Bertz CT molecular complexity index is 662. The molecule has 0 aliphatic carbocycles. The summed E-state index contributed by atoms with van der Waals surface area (Å²) in [5.74, 6) is 0.0624. The van der Waals surface area contributed by atoms with Crippen molar-refractivity contribution >= 4 is 10.0 Å². The Labute approximate surface area is 147 Å². The molecule has 1 aliphatic rings. The number of piperidine rings is 1. The van der Waals surface area contributed by atoms with E-state index < -0.39 is 21.8 Å². The largest absolute Gasteiger partial charge is 0.416 e. The van der Waals surface area contributed by atoms with Crippen molar-refractivity contribution in [2.75, 3.05) is 18.8 Å². The highest BCUT2D eigenvalue weighted by Crippen LogP contribution is 2.29. The lowest BCUT2D eigenvalue weighted by Gasteiger charge is -2.32. The smallest absolute Gasteiger partial charge is 0.313 e. The van der Waals surface area contributed by atoms with E-state index in [1.165, 1.54) is 6.07 Å². The molecular weight excluding hydrogens is 353 g/mol. The van der Waals surface area contributed by atoms with Crippen LogP contribution in [0, 0.1) is 0 Å². The lowest BCUT2D eigenvalue weighted by Crippen LogP contribution is -2.43. The van der Waals surface area contributed by atoms with Crippen molar-refractivity contribution in [2.45, 2.75) is 51.4 Å². The first-order valence-electron chi connectivity index (χ1n) is 8.56. The van der Waals surface area contributed by atoms with Crippen molar-refractivity contribution in [3.8, 4) is 0 Å². The molecule has 0 spiro atoms. The molecule has 2 rings (SSSR count). The molecule has 0 amide bonds. The van der Waals surface area contributed by atoms with E-state index in [-0.39, 0.29) is 18.3 Å². The van der Waals surface area contributed by atoms with Gasteiger partial charge in [0.1, 0.15) is 0 Å². The maximum absolute atomic E-state index is 12.7. The average molecular weight is 378 g/mol. The summed E-state index contributed by atoms with van der Waals surface area (Å²) in [5.41, 5.74) is -0.143. The number of rotatable bonds is 7. The van der Waals surface area contributed by atoms with Gasteiger partial charge in [-0.25, -0.2) is 8.42 Å². The Morgan fingerprint density at radius 1 is 1.28 bits per heavy atom. The van der Waals surface area contributed by atoms with Crippen LogP contribution < -0.4 is 5.32 Å². The van der Waals surface area contributed by atoms with Crippen molar-refractivity contribution in [1.82, 2.24) is 9.62 Å². The second-order valence-electron chi connectivity index (χ2n) is 6.50. The van der Waals surface area contributed by atoms with E-state index >= 15 is 0 Å². The minimum Gasteiger partial charge on any atom is -0.313 e. The van der Waals surface area contributed by atoms with Gasteiger partial charge in [0.25, 0.3) is 0 Å². The van der Waals surface area contributed by atoms with E-state index in [1.54, 1.807) is 10.4 Å². The number of hydrogen-bond acceptors (Lipinski definition) is 3. The number of nitrogens with one attached hydrogen (secondary N) is 1. The zero-order valence-corrected chi connectivity index (χ0v) is 15.2. The third-order valence-corrected chi connectivity index (χ3v) is 6.50. The highest BCUT2D eigenvalue weighted by Gasteiger charge is 2.30. The number of sulfonamides is 1. The fourth-order valence-corrected chi connectivity index (χ4v) is 4.88. The molecule has 0 aromatic heterocycles. The summed E-state index contributed by atoms with van der Waals surface area (Å²) in [6, 6.07) is 5.20. The Morgan fingerprint density at radius 2 is 2.04 bits per heavy atom. The maximum Gasteiger partial charge on any atom is 0.416 e. The topological polar surface area (TPSA) is 49.4 Å². The fraction of sp³-hybridized carbons (Fsp3) is 0.647. The zero-order chi connectivity index (χ0) is 18.5. The minimum absolute atomic E-state index is 0.0526. The molecule has 1 heterocycles. The first-order valence-corrected chi connectivity index (χ1v) is 10.2. The monoisotopic (exact) mass is 378 g/mol. The van der Waals surface area contributed by atoms with Crippen molar-refractivity contribution < 1.29 is 21.6 Å². The number of alkyl halides is 3. The van der Waals surface area contributed by atoms with Gasteiger partial charge in [-0.05, 0) is 44.4 Å². The summed E-state index contributed by atoms with van der Waals surface area (Å²) < 4.78 is 64.3. The van der Waals surface area contributed by atoms with Gasteiger partial charge in [0.05, 0.1) is 11.3 Å². The summed E-state index contributed by atoms with van der Waals surface area (Å²) >= 11 is 0. The van der Waals surface area contributed by atoms with Gasteiger partial charge in [-0.3, -0.25) is 0 Å². The Morgan fingerprint density at radius 3 is 2.72 bits per heavy atom. The van der Waals surface area contributed by atoms with Gasteiger partial charge in [-0.2, -0.15) is 17.5 Å². The fourth-order valence-electron chi connectivity index (χ4n) is 3.07. The number of benzene rings is 1. The molecule has 0 bridgehead atoms. The third kappa shape index (κ3) is 5.97. The van der Waals surface area contributed by atoms with Gasteiger partial charge >= 0.3 is 6.18 Å². The molecule has 25 heavy (non-hydrogen) atoms. The lowest BCUT2D eigenvalue weighted by atomic mass is 10.1. The van der Waals surface area contributed by atoms with Crippen LogP contribution in [0.5, 0.6) is 0 Å². The van der Waals surface area contributed by atoms with Crippen LogP contribution in [0.15, 0.2) is 24.3 Å². The summed E-state index contributed by atoms with van der Waals surface area (Å²) in [4.78, 5) is 0. The number of halogens is 3. The predicted molar refractivity (Wildman–Crippen MR) is 91.6 cm³/mol. The molecule has 142 valence electrons. The van der Waals surface area contributed by atoms with Gasteiger partial charge in [-0.15, -0.1) is 0 Å². The highest BCUT2D eigenvalue weighted by molar-refractivity contribution is 7.89. The molecule has 0 saturated carbocycles. The average Bonchev–Trinajstić information content (AvgIpc) is 2.54. The van der Waals surface area contributed by atoms with Crippen LogP contribution in [0.4, 0.5) is 13.2 Å². The molecular formula is C17H25F3N2O2S. The summed E-state index contributed by atoms with van der Waals surface area (Å²) in [6.07, 6.45) is -1.06. The molecule has 4 nitrogen and oxygen atoms in total. The van der Waals surface area contributed by atoms with E-state index in [1.807, 2.05) is 6.92 Å². The van der Waals surface area contributed by atoms with E-state index in [4.69, 9.17) is 0 Å². The van der Waals surface area contributed by atoms with Crippen LogP contribution in [0.25, 0.3) is 0 Å². The van der Waals surface area contributed by atoms with Crippen molar-refractivity contribution in [3.05, 3.63) is 35.4 Å². The Balaban J connectivity index is 1.76. The Hall–Kier alpha value is -1.12. The predicted octanol–water partition coefficient (Wildman–Crippen LogP) is 3.39.